The van der Waals surface area contributed by atoms with Crippen molar-refractivity contribution >= 4 is 28.3 Å². The van der Waals surface area contributed by atoms with Crippen molar-refractivity contribution in [2.45, 2.75) is 6.92 Å². The fourth-order valence-corrected chi connectivity index (χ4v) is 1.59. The molecule has 16 heavy (non-hydrogen) atoms. The van der Waals surface area contributed by atoms with Crippen LogP contribution in [0.1, 0.15) is 5.56 Å². The van der Waals surface area contributed by atoms with E-state index in [1.807, 2.05) is 29.5 Å². The lowest BCUT2D eigenvalue weighted by atomic mass is 10.1. The first-order chi connectivity index (χ1) is 7.58. The molecule has 0 spiro atoms. The lowest BCUT2D eigenvalue weighted by Crippen LogP contribution is -1.90. The minimum absolute atomic E-state index is 0.00816. The average Bonchev–Trinajstić information content (AvgIpc) is 2.65. The zero-order chi connectivity index (χ0) is 11.7. The van der Waals surface area contributed by atoms with Gasteiger partial charge in [-0.2, -0.15) is 4.98 Å². The van der Waals surface area contributed by atoms with Crippen LogP contribution in [0, 0.1) is 20.9 Å². The highest BCUT2D eigenvalue weighted by atomic mass is 127. The Morgan fingerprint density at radius 3 is 2.81 bits per heavy atom. The van der Waals surface area contributed by atoms with Crippen LogP contribution in [0.2, 0.25) is 0 Å². The zero-order valence-corrected chi connectivity index (χ0v) is 10.3. The summed E-state index contributed by atoms with van der Waals surface area (Å²) in [5.41, 5.74) is 1.45. The molecule has 0 aliphatic carbocycles. The molecular formula is C9H6IN3O3. The molecule has 0 saturated carbocycles. The van der Waals surface area contributed by atoms with Crippen LogP contribution in [0.15, 0.2) is 22.7 Å². The van der Waals surface area contributed by atoms with Crippen molar-refractivity contribution < 1.29 is 9.45 Å². The first-order valence-electron chi connectivity index (χ1n) is 4.32. The average molecular weight is 331 g/mol. The van der Waals surface area contributed by atoms with Gasteiger partial charge in [0, 0.05) is 40.3 Å². The van der Waals surface area contributed by atoms with E-state index < -0.39 is 4.92 Å². The Morgan fingerprint density at radius 1 is 1.50 bits per heavy atom. The predicted molar refractivity (Wildman–Crippen MR) is 63.8 cm³/mol. The second-order valence-corrected chi connectivity index (χ2v) is 4.09. The summed E-state index contributed by atoms with van der Waals surface area (Å²) in [5, 5.41) is 14.3. The molecule has 0 bridgehead atoms. The van der Waals surface area contributed by atoms with Crippen molar-refractivity contribution in [2.24, 2.45) is 0 Å². The van der Waals surface area contributed by atoms with Gasteiger partial charge in [-0.05, 0) is 12.5 Å². The second-order valence-electron chi connectivity index (χ2n) is 3.12. The molecule has 6 nitrogen and oxygen atoms in total. The maximum absolute atomic E-state index is 10.6. The Morgan fingerprint density at radius 2 is 2.25 bits per heavy atom. The van der Waals surface area contributed by atoms with Gasteiger partial charge in [0.15, 0.2) is 0 Å². The molecule has 0 fully saturated rings. The minimum Gasteiger partial charge on any atom is -0.333 e. The maximum Gasteiger partial charge on any atom is 0.270 e. The van der Waals surface area contributed by atoms with Crippen LogP contribution in [-0.2, 0) is 0 Å². The number of halogens is 1. The van der Waals surface area contributed by atoms with Gasteiger partial charge in [-0.3, -0.25) is 10.1 Å². The Bertz CT molecular complexity index is 553. The molecule has 1 heterocycles. The fourth-order valence-electron chi connectivity index (χ4n) is 1.27. The van der Waals surface area contributed by atoms with Gasteiger partial charge < -0.3 is 4.52 Å². The Kier molecular flexibility index (Phi) is 2.86. The molecule has 7 heteroatoms. The molecule has 0 saturated heterocycles. The smallest absolute Gasteiger partial charge is 0.270 e. The summed E-state index contributed by atoms with van der Waals surface area (Å²) in [5.74, 6) is 0.297. The molecule has 0 radical (unpaired) electrons. The fraction of sp³-hybridized carbons (Fsp3) is 0.111. The van der Waals surface area contributed by atoms with Crippen molar-refractivity contribution in [3.8, 4) is 11.5 Å². The van der Waals surface area contributed by atoms with Gasteiger partial charge in [-0.1, -0.05) is 11.2 Å². The molecule has 1 aromatic carbocycles. The van der Waals surface area contributed by atoms with E-state index in [1.165, 1.54) is 12.1 Å². The monoisotopic (exact) mass is 331 g/mol. The Hall–Kier alpha value is -1.51. The molecule has 2 rings (SSSR count). The van der Waals surface area contributed by atoms with Gasteiger partial charge in [0.2, 0.25) is 3.83 Å². The molecule has 1 aromatic heterocycles. The molecule has 0 aliphatic heterocycles. The van der Waals surface area contributed by atoms with Crippen molar-refractivity contribution in [3.05, 3.63) is 37.7 Å². The number of nitrogens with zero attached hydrogens (tertiary/aromatic N) is 3. The molecule has 2 aromatic rings. The largest absolute Gasteiger partial charge is 0.333 e. The van der Waals surface area contributed by atoms with Crippen molar-refractivity contribution in [2.75, 3.05) is 0 Å². The number of rotatable bonds is 2. The lowest BCUT2D eigenvalue weighted by molar-refractivity contribution is -0.384. The summed E-state index contributed by atoms with van der Waals surface area (Å²) in [6, 6.07) is 4.53. The van der Waals surface area contributed by atoms with E-state index in [9.17, 15) is 10.1 Å². The number of nitro groups is 1. The number of nitro benzene ring substituents is 1. The second kappa shape index (κ2) is 4.16. The van der Waals surface area contributed by atoms with Crippen molar-refractivity contribution in [3.63, 3.8) is 0 Å². The summed E-state index contributed by atoms with van der Waals surface area (Å²) in [4.78, 5) is 14.2. The van der Waals surface area contributed by atoms with Gasteiger partial charge in [0.05, 0.1) is 4.92 Å². The third-order valence-electron chi connectivity index (χ3n) is 2.06. The maximum atomic E-state index is 10.6. The standard InChI is InChI=1S/C9H6IN3O3/c1-5-2-3-6(13(14)15)4-7(5)8-11-9(10)12-16-8/h2-4H,1H3. The summed E-state index contributed by atoms with van der Waals surface area (Å²) in [6.07, 6.45) is 0. The Labute approximate surface area is 104 Å². The van der Waals surface area contributed by atoms with E-state index in [0.29, 0.717) is 15.3 Å². The van der Waals surface area contributed by atoms with Crippen molar-refractivity contribution in [1.82, 2.24) is 10.1 Å². The number of aryl methyl sites for hydroxylation is 1. The van der Waals surface area contributed by atoms with Crippen LogP contribution in [-0.4, -0.2) is 15.1 Å². The summed E-state index contributed by atoms with van der Waals surface area (Å²) in [6.45, 7) is 1.83. The number of non-ortho nitro benzene ring substituents is 1. The highest BCUT2D eigenvalue weighted by Gasteiger charge is 2.14. The summed E-state index contributed by atoms with van der Waals surface area (Å²) < 4.78 is 5.45. The van der Waals surface area contributed by atoms with Gasteiger partial charge >= 0.3 is 0 Å². The number of aromatic nitrogens is 2. The van der Waals surface area contributed by atoms with E-state index in [1.54, 1.807) is 6.07 Å². The van der Waals surface area contributed by atoms with Gasteiger partial charge in [0.25, 0.3) is 11.6 Å². The van der Waals surface area contributed by atoms with Gasteiger partial charge in [0.1, 0.15) is 0 Å². The van der Waals surface area contributed by atoms with Crippen LogP contribution in [0.3, 0.4) is 0 Å². The lowest BCUT2D eigenvalue weighted by Gasteiger charge is -1.99. The summed E-state index contributed by atoms with van der Waals surface area (Å²) in [7, 11) is 0. The molecule has 0 aliphatic rings. The van der Waals surface area contributed by atoms with Crippen LogP contribution in [0.4, 0.5) is 5.69 Å². The van der Waals surface area contributed by atoms with Crippen LogP contribution < -0.4 is 0 Å². The topological polar surface area (TPSA) is 82.1 Å². The van der Waals surface area contributed by atoms with Gasteiger partial charge in [-0.15, -0.1) is 0 Å². The SMILES string of the molecule is Cc1ccc([N+](=O)[O-])cc1-c1nc(I)no1. The van der Waals surface area contributed by atoms with Crippen LogP contribution in [0.25, 0.3) is 11.5 Å². The first-order valence-corrected chi connectivity index (χ1v) is 5.40. The summed E-state index contributed by atoms with van der Waals surface area (Å²) >= 11 is 1.91. The number of benzene rings is 1. The van der Waals surface area contributed by atoms with E-state index in [4.69, 9.17) is 4.52 Å². The third-order valence-corrected chi connectivity index (χ3v) is 2.50. The molecular weight excluding hydrogens is 325 g/mol. The molecule has 0 unspecified atom stereocenters. The molecule has 0 amide bonds. The number of hydrogen-bond acceptors (Lipinski definition) is 5. The number of hydrogen-bond donors (Lipinski definition) is 0. The van der Waals surface area contributed by atoms with Crippen molar-refractivity contribution in [1.29, 1.82) is 0 Å². The van der Waals surface area contributed by atoms with Crippen LogP contribution >= 0.6 is 22.6 Å². The molecule has 0 atom stereocenters. The highest BCUT2D eigenvalue weighted by Crippen LogP contribution is 2.26. The minimum atomic E-state index is -0.454. The van der Waals surface area contributed by atoms with Crippen LogP contribution in [0.5, 0.6) is 0 Å². The third kappa shape index (κ3) is 2.03. The van der Waals surface area contributed by atoms with E-state index in [2.05, 4.69) is 10.1 Å². The van der Waals surface area contributed by atoms with E-state index in [0.717, 1.165) is 5.56 Å². The Balaban J connectivity index is 2.55. The highest BCUT2D eigenvalue weighted by molar-refractivity contribution is 14.1. The molecule has 0 N–H and O–H groups in total. The van der Waals surface area contributed by atoms with E-state index in [-0.39, 0.29) is 5.69 Å². The predicted octanol–water partition coefficient (Wildman–Crippen LogP) is 2.56. The normalized spacial score (nSPS) is 10.4. The quantitative estimate of drug-likeness (QED) is 0.480. The van der Waals surface area contributed by atoms with E-state index >= 15 is 0 Å². The molecule has 82 valence electrons. The zero-order valence-electron chi connectivity index (χ0n) is 8.18. The first kappa shape index (κ1) is 11.0. The van der Waals surface area contributed by atoms with Gasteiger partial charge in [-0.25, -0.2) is 0 Å².